The van der Waals surface area contributed by atoms with Crippen molar-refractivity contribution in [1.82, 2.24) is 9.88 Å². The molecular formula is C21H21ClFN3. The molecule has 3 nitrogen and oxygen atoms in total. The number of nitrogens with zero attached hydrogens (tertiary/aromatic N) is 2. The fourth-order valence-corrected chi connectivity index (χ4v) is 3.83. The first-order valence-electron chi connectivity index (χ1n) is 8.94. The number of fused-ring (bicyclic) bond motifs is 1. The number of anilines is 1. The minimum atomic E-state index is -0.299. The van der Waals surface area contributed by atoms with Crippen molar-refractivity contribution in [2.24, 2.45) is 0 Å². The molecule has 3 aromatic rings. The lowest BCUT2D eigenvalue weighted by Gasteiger charge is -2.33. The standard InChI is InChI=1S/C21H21ClFN3/c22-20-5-1-3-17(21(20)23)13-26-10-2-4-19(14-26)25-18-7-6-16-12-24-9-8-15(16)11-18/h1,3,5-9,11-12,19,25H,2,4,10,13-14H2. The molecule has 1 aromatic heterocycles. The minimum Gasteiger partial charge on any atom is -0.381 e. The number of aromatic nitrogens is 1. The topological polar surface area (TPSA) is 28.2 Å². The molecule has 0 saturated carbocycles. The van der Waals surface area contributed by atoms with Gasteiger partial charge in [0, 0.05) is 48.2 Å². The van der Waals surface area contributed by atoms with Gasteiger partial charge in [0.25, 0.3) is 0 Å². The molecule has 1 N–H and O–H groups in total. The van der Waals surface area contributed by atoms with E-state index in [-0.39, 0.29) is 10.8 Å². The number of piperidine rings is 1. The molecule has 0 radical (unpaired) electrons. The van der Waals surface area contributed by atoms with Gasteiger partial charge in [-0.25, -0.2) is 4.39 Å². The highest BCUT2D eigenvalue weighted by Crippen LogP contribution is 2.23. The summed E-state index contributed by atoms with van der Waals surface area (Å²) in [5.41, 5.74) is 1.78. The summed E-state index contributed by atoms with van der Waals surface area (Å²) in [6.07, 6.45) is 5.90. The average molecular weight is 370 g/mol. The van der Waals surface area contributed by atoms with Crippen LogP contribution < -0.4 is 5.32 Å². The summed E-state index contributed by atoms with van der Waals surface area (Å²) < 4.78 is 14.2. The van der Waals surface area contributed by atoms with Crippen LogP contribution in [0.1, 0.15) is 18.4 Å². The predicted molar refractivity (Wildman–Crippen MR) is 105 cm³/mol. The van der Waals surface area contributed by atoms with Crippen LogP contribution in [-0.4, -0.2) is 29.0 Å². The van der Waals surface area contributed by atoms with Crippen LogP contribution in [0.4, 0.5) is 10.1 Å². The second kappa shape index (κ2) is 7.60. The molecule has 0 spiro atoms. The molecule has 1 fully saturated rings. The van der Waals surface area contributed by atoms with Gasteiger partial charge in [-0.1, -0.05) is 29.8 Å². The van der Waals surface area contributed by atoms with Crippen LogP contribution in [0.2, 0.25) is 5.02 Å². The Labute approximate surface area is 157 Å². The summed E-state index contributed by atoms with van der Waals surface area (Å²) in [4.78, 5) is 6.45. The summed E-state index contributed by atoms with van der Waals surface area (Å²) >= 11 is 5.90. The minimum absolute atomic E-state index is 0.194. The Morgan fingerprint density at radius 1 is 1.19 bits per heavy atom. The van der Waals surface area contributed by atoms with E-state index in [1.54, 1.807) is 6.07 Å². The SMILES string of the molecule is Fc1c(Cl)cccc1CN1CCCC(Nc2ccc3cnccc3c2)C1. The van der Waals surface area contributed by atoms with Crippen LogP contribution in [0.15, 0.2) is 54.9 Å². The summed E-state index contributed by atoms with van der Waals surface area (Å²) in [6, 6.07) is 13.9. The van der Waals surface area contributed by atoms with Crippen LogP contribution in [0.25, 0.3) is 10.8 Å². The average Bonchev–Trinajstić information content (AvgIpc) is 2.66. The van der Waals surface area contributed by atoms with Crippen LogP contribution >= 0.6 is 11.6 Å². The summed E-state index contributed by atoms with van der Waals surface area (Å²) in [5, 5.41) is 6.15. The monoisotopic (exact) mass is 369 g/mol. The van der Waals surface area contributed by atoms with Gasteiger partial charge >= 0.3 is 0 Å². The Hall–Kier alpha value is -2.17. The van der Waals surface area contributed by atoms with E-state index >= 15 is 0 Å². The number of halogens is 2. The summed E-state index contributed by atoms with van der Waals surface area (Å²) in [6.45, 7) is 2.46. The number of benzene rings is 2. The lowest BCUT2D eigenvalue weighted by Crippen LogP contribution is -2.41. The smallest absolute Gasteiger partial charge is 0.146 e. The van der Waals surface area contributed by atoms with E-state index in [4.69, 9.17) is 11.6 Å². The van der Waals surface area contributed by atoms with Crippen molar-refractivity contribution in [3.05, 3.63) is 71.3 Å². The largest absolute Gasteiger partial charge is 0.381 e. The van der Waals surface area contributed by atoms with Gasteiger partial charge in [0.15, 0.2) is 0 Å². The third-order valence-corrected chi connectivity index (χ3v) is 5.23. The van der Waals surface area contributed by atoms with Gasteiger partial charge < -0.3 is 5.32 Å². The van der Waals surface area contributed by atoms with Gasteiger partial charge in [-0.15, -0.1) is 0 Å². The van der Waals surface area contributed by atoms with Gasteiger partial charge in [0.1, 0.15) is 5.82 Å². The molecule has 0 amide bonds. The fraction of sp³-hybridized carbons (Fsp3) is 0.286. The van der Waals surface area contributed by atoms with Crippen molar-refractivity contribution in [2.75, 3.05) is 18.4 Å². The quantitative estimate of drug-likeness (QED) is 0.693. The maximum Gasteiger partial charge on any atom is 0.146 e. The Morgan fingerprint density at radius 2 is 2.12 bits per heavy atom. The molecule has 0 aliphatic carbocycles. The van der Waals surface area contributed by atoms with Crippen molar-refractivity contribution in [3.8, 4) is 0 Å². The van der Waals surface area contributed by atoms with Crippen molar-refractivity contribution in [2.45, 2.75) is 25.4 Å². The Balaban J connectivity index is 1.43. The first-order valence-corrected chi connectivity index (χ1v) is 9.32. The molecule has 1 aliphatic rings. The zero-order valence-corrected chi connectivity index (χ0v) is 15.2. The zero-order valence-electron chi connectivity index (χ0n) is 14.5. The predicted octanol–water partition coefficient (Wildman–Crippen LogP) is 5.10. The molecular weight excluding hydrogens is 349 g/mol. The first kappa shape index (κ1) is 17.3. The molecule has 4 rings (SSSR count). The first-order chi connectivity index (χ1) is 12.7. The highest BCUT2D eigenvalue weighted by molar-refractivity contribution is 6.30. The number of hydrogen-bond donors (Lipinski definition) is 1. The molecule has 1 saturated heterocycles. The third-order valence-electron chi connectivity index (χ3n) is 4.94. The van der Waals surface area contributed by atoms with E-state index in [1.165, 1.54) is 5.39 Å². The van der Waals surface area contributed by atoms with Crippen LogP contribution in [-0.2, 0) is 6.54 Å². The summed E-state index contributed by atoms with van der Waals surface area (Å²) in [5.74, 6) is -0.299. The van der Waals surface area contributed by atoms with Gasteiger partial charge in [-0.2, -0.15) is 0 Å². The van der Waals surface area contributed by atoms with Crippen molar-refractivity contribution in [1.29, 1.82) is 0 Å². The highest BCUT2D eigenvalue weighted by Gasteiger charge is 2.21. The van der Waals surface area contributed by atoms with Gasteiger partial charge in [-0.05, 0) is 49.0 Å². The second-order valence-electron chi connectivity index (χ2n) is 6.87. The van der Waals surface area contributed by atoms with E-state index in [9.17, 15) is 4.39 Å². The molecule has 2 heterocycles. The van der Waals surface area contributed by atoms with E-state index < -0.39 is 0 Å². The van der Waals surface area contributed by atoms with Gasteiger partial charge in [0.2, 0.25) is 0 Å². The molecule has 26 heavy (non-hydrogen) atoms. The van der Waals surface area contributed by atoms with Crippen LogP contribution in [0, 0.1) is 5.82 Å². The van der Waals surface area contributed by atoms with Crippen molar-refractivity contribution in [3.63, 3.8) is 0 Å². The molecule has 2 aromatic carbocycles. The van der Waals surface area contributed by atoms with E-state index in [2.05, 4.69) is 33.4 Å². The summed E-state index contributed by atoms with van der Waals surface area (Å²) in [7, 11) is 0. The highest BCUT2D eigenvalue weighted by atomic mass is 35.5. The lowest BCUT2D eigenvalue weighted by molar-refractivity contribution is 0.206. The molecule has 1 aliphatic heterocycles. The van der Waals surface area contributed by atoms with Crippen LogP contribution in [0.5, 0.6) is 0 Å². The number of pyridine rings is 1. The molecule has 5 heteroatoms. The lowest BCUT2D eigenvalue weighted by atomic mass is 10.0. The Bertz CT molecular complexity index is 915. The fourth-order valence-electron chi connectivity index (χ4n) is 3.64. The number of rotatable bonds is 4. The third kappa shape index (κ3) is 3.81. The molecule has 1 unspecified atom stereocenters. The molecule has 134 valence electrons. The van der Waals surface area contributed by atoms with E-state index in [0.717, 1.165) is 37.0 Å². The van der Waals surface area contributed by atoms with Gasteiger partial charge in [-0.3, -0.25) is 9.88 Å². The maximum absolute atomic E-state index is 14.2. The Morgan fingerprint density at radius 3 is 3.04 bits per heavy atom. The van der Waals surface area contributed by atoms with E-state index in [0.29, 0.717) is 18.2 Å². The number of hydrogen-bond acceptors (Lipinski definition) is 3. The zero-order chi connectivity index (χ0) is 17.9. The number of nitrogens with one attached hydrogen (secondary N) is 1. The van der Waals surface area contributed by atoms with E-state index in [1.807, 2.05) is 30.6 Å². The second-order valence-corrected chi connectivity index (χ2v) is 7.28. The van der Waals surface area contributed by atoms with Crippen LogP contribution in [0.3, 0.4) is 0 Å². The maximum atomic E-state index is 14.2. The van der Waals surface area contributed by atoms with Crippen molar-refractivity contribution >= 4 is 28.1 Å². The molecule has 1 atom stereocenters. The molecule has 0 bridgehead atoms. The Kier molecular flexibility index (Phi) is 5.05. The normalized spacial score (nSPS) is 18.2. The number of likely N-dealkylation sites (tertiary alicyclic amines) is 1. The van der Waals surface area contributed by atoms with Crippen molar-refractivity contribution < 1.29 is 4.39 Å². The van der Waals surface area contributed by atoms with Gasteiger partial charge in [0.05, 0.1) is 5.02 Å².